The average molecular weight is 213 g/mol. The van der Waals surface area contributed by atoms with E-state index in [4.69, 9.17) is 9.47 Å². The molecular weight excluding hydrogens is 190 g/mol. The standard InChI is InChI=1S/C12H23NO2/c1-3-13-11-4-6-15-12(9-11)5-7-14-10(2)8-12/h10-11,13H,3-9H2,1-2H3. The minimum absolute atomic E-state index is 0.114. The molecule has 3 unspecified atom stereocenters. The summed E-state index contributed by atoms with van der Waals surface area (Å²) < 4.78 is 11.6. The smallest absolute Gasteiger partial charge is 0.0743 e. The van der Waals surface area contributed by atoms with Gasteiger partial charge in [-0.05, 0) is 32.7 Å². The fourth-order valence-electron chi connectivity index (χ4n) is 2.94. The van der Waals surface area contributed by atoms with Crippen LogP contribution in [0.5, 0.6) is 0 Å². The Labute approximate surface area is 92.5 Å². The lowest BCUT2D eigenvalue weighted by Crippen LogP contribution is -2.51. The van der Waals surface area contributed by atoms with Crippen LogP contribution >= 0.6 is 0 Å². The van der Waals surface area contributed by atoms with Crippen molar-refractivity contribution >= 4 is 0 Å². The predicted molar refractivity (Wildman–Crippen MR) is 60.0 cm³/mol. The van der Waals surface area contributed by atoms with Gasteiger partial charge in [0.2, 0.25) is 0 Å². The second kappa shape index (κ2) is 4.81. The molecule has 3 heteroatoms. The van der Waals surface area contributed by atoms with E-state index in [1.807, 2.05) is 0 Å². The SMILES string of the molecule is CCNC1CCOC2(CCOC(C)C2)C1. The quantitative estimate of drug-likeness (QED) is 0.757. The molecule has 2 fully saturated rings. The van der Waals surface area contributed by atoms with E-state index in [1.54, 1.807) is 0 Å². The van der Waals surface area contributed by atoms with Gasteiger partial charge in [0.25, 0.3) is 0 Å². The highest BCUT2D eigenvalue weighted by atomic mass is 16.5. The van der Waals surface area contributed by atoms with Crippen molar-refractivity contribution in [3.63, 3.8) is 0 Å². The van der Waals surface area contributed by atoms with Gasteiger partial charge in [-0.15, -0.1) is 0 Å². The highest BCUT2D eigenvalue weighted by Crippen LogP contribution is 2.36. The largest absolute Gasteiger partial charge is 0.378 e. The van der Waals surface area contributed by atoms with Crippen molar-refractivity contribution in [2.24, 2.45) is 0 Å². The molecule has 0 aromatic rings. The van der Waals surface area contributed by atoms with E-state index >= 15 is 0 Å². The molecule has 1 spiro atoms. The lowest BCUT2D eigenvalue weighted by molar-refractivity contribution is -0.159. The van der Waals surface area contributed by atoms with Gasteiger partial charge in [-0.1, -0.05) is 6.92 Å². The van der Waals surface area contributed by atoms with Gasteiger partial charge < -0.3 is 14.8 Å². The summed E-state index contributed by atoms with van der Waals surface area (Å²) >= 11 is 0. The molecule has 0 bridgehead atoms. The molecule has 3 nitrogen and oxygen atoms in total. The minimum Gasteiger partial charge on any atom is -0.378 e. The summed E-state index contributed by atoms with van der Waals surface area (Å²) in [5.41, 5.74) is 0.114. The summed E-state index contributed by atoms with van der Waals surface area (Å²) in [6, 6.07) is 0.647. The van der Waals surface area contributed by atoms with E-state index < -0.39 is 0 Å². The van der Waals surface area contributed by atoms with Crippen LogP contribution in [0.3, 0.4) is 0 Å². The molecule has 0 aromatic carbocycles. The summed E-state index contributed by atoms with van der Waals surface area (Å²) in [5, 5.41) is 3.55. The molecule has 2 saturated heterocycles. The first-order chi connectivity index (χ1) is 7.24. The van der Waals surface area contributed by atoms with Crippen molar-refractivity contribution in [2.45, 2.75) is 57.3 Å². The van der Waals surface area contributed by atoms with Crippen LogP contribution in [-0.4, -0.2) is 37.5 Å². The van der Waals surface area contributed by atoms with Gasteiger partial charge in [-0.25, -0.2) is 0 Å². The number of ether oxygens (including phenoxy) is 2. The molecule has 2 aliphatic heterocycles. The molecule has 2 rings (SSSR count). The molecule has 88 valence electrons. The molecule has 3 atom stereocenters. The first kappa shape index (κ1) is 11.4. The zero-order valence-corrected chi connectivity index (χ0v) is 9.92. The highest BCUT2D eigenvalue weighted by molar-refractivity contribution is 4.93. The van der Waals surface area contributed by atoms with E-state index in [9.17, 15) is 0 Å². The lowest BCUT2D eigenvalue weighted by Gasteiger charge is -2.45. The summed E-state index contributed by atoms with van der Waals surface area (Å²) in [6.45, 7) is 7.16. The Kier molecular flexibility index (Phi) is 3.65. The van der Waals surface area contributed by atoms with Gasteiger partial charge in [-0.3, -0.25) is 0 Å². The molecule has 2 aliphatic rings. The van der Waals surface area contributed by atoms with Crippen LogP contribution in [-0.2, 0) is 9.47 Å². The zero-order valence-electron chi connectivity index (χ0n) is 9.92. The summed E-state index contributed by atoms with van der Waals surface area (Å²) in [7, 11) is 0. The van der Waals surface area contributed by atoms with Crippen LogP contribution in [0.15, 0.2) is 0 Å². The van der Waals surface area contributed by atoms with Crippen molar-refractivity contribution < 1.29 is 9.47 Å². The maximum Gasteiger partial charge on any atom is 0.0743 e. The monoisotopic (exact) mass is 213 g/mol. The van der Waals surface area contributed by atoms with Crippen molar-refractivity contribution in [3.05, 3.63) is 0 Å². The number of hydrogen-bond donors (Lipinski definition) is 1. The molecule has 15 heavy (non-hydrogen) atoms. The average Bonchev–Trinajstić information content (AvgIpc) is 2.17. The van der Waals surface area contributed by atoms with Gasteiger partial charge >= 0.3 is 0 Å². The molecule has 0 radical (unpaired) electrons. The van der Waals surface area contributed by atoms with Gasteiger partial charge in [0.1, 0.15) is 0 Å². The number of nitrogens with one attached hydrogen (secondary N) is 1. The molecule has 0 amide bonds. The Bertz CT molecular complexity index is 204. The molecule has 0 aromatic heterocycles. The third-order valence-electron chi connectivity index (χ3n) is 3.61. The van der Waals surface area contributed by atoms with Gasteiger partial charge in [-0.2, -0.15) is 0 Å². The molecule has 2 heterocycles. The Morgan fingerprint density at radius 2 is 2.20 bits per heavy atom. The van der Waals surface area contributed by atoms with E-state index in [-0.39, 0.29) is 5.60 Å². The third kappa shape index (κ3) is 2.71. The molecule has 0 saturated carbocycles. The molecule has 1 N–H and O–H groups in total. The van der Waals surface area contributed by atoms with Crippen LogP contribution in [0.2, 0.25) is 0 Å². The van der Waals surface area contributed by atoms with E-state index in [0.717, 1.165) is 45.4 Å². The molecular formula is C12H23NO2. The van der Waals surface area contributed by atoms with E-state index in [2.05, 4.69) is 19.2 Å². The summed E-state index contributed by atoms with van der Waals surface area (Å²) in [4.78, 5) is 0. The van der Waals surface area contributed by atoms with E-state index in [0.29, 0.717) is 12.1 Å². The summed E-state index contributed by atoms with van der Waals surface area (Å²) in [6.07, 6.45) is 4.81. The first-order valence-corrected chi connectivity index (χ1v) is 6.23. The Morgan fingerprint density at radius 1 is 1.33 bits per heavy atom. The maximum atomic E-state index is 6.03. The number of hydrogen-bond acceptors (Lipinski definition) is 3. The second-order valence-corrected chi connectivity index (χ2v) is 4.91. The Hall–Kier alpha value is -0.120. The van der Waals surface area contributed by atoms with E-state index in [1.165, 1.54) is 0 Å². The van der Waals surface area contributed by atoms with Crippen LogP contribution < -0.4 is 5.32 Å². The maximum absolute atomic E-state index is 6.03. The van der Waals surface area contributed by atoms with Crippen molar-refractivity contribution in [1.82, 2.24) is 5.32 Å². The lowest BCUT2D eigenvalue weighted by atomic mass is 9.82. The number of rotatable bonds is 2. The Morgan fingerprint density at radius 3 is 2.93 bits per heavy atom. The van der Waals surface area contributed by atoms with Gasteiger partial charge in [0.05, 0.1) is 11.7 Å². The van der Waals surface area contributed by atoms with Crippen LogP contribution in [0.25, 0.3) is 0 Å². The van der Waals surface area contributed by atoms with Crippen molar-refractivity contribution in [2.75, 3.05) is 19.8 Å². The Balaban J connectivity index is 1.94. The first-order valence-electron chi connectivity index (χ1n) is 6.23. The normalized spacial score (nSPS) is 42.0. The fourth-order valence-corrected chi connectivity index (χ4v) is 2.94. The van der Waals surface area contributed by atoms with Crippen LogP contribution in [0, 0.1) is 0 Å². The van der Waals surface area contributed by atoms with Gasteiger partial charge in [0, 0.05) is 25.7 Å². The topological polar surface area (TPSA) is 30.5 Å². The third-order valence-corrected chi connectivity index (χ3v) is 3.61. The highest BCUT2D eigenvalue weighted by Gasteiger charge is 2.40. The van der Waals surface area contributed by atoms with Crippen molar-refractivity contribution in [3.8, 4) is 0 Å². The fraction of sp³-hybridized carbons (Fsp3) is 1.00. The van der Waals surface area contributed by atoms with Crippen LogP contribution in [0.1, 0.15) is 39.5 Å². The minimum atomic E-state index is 0.114. The van der Waals surface area contributed by atoms with Crippen LogP contribution in [0.4, 0.5) is 0 Å². The molecule has 0 aliphatic carbocycles. The summed E-state index contributed by atoms with van der Waals surface area (Å²) in [5.74, 6) is 0. The van der Waals surface area contributed by atoms with Gasteiger partial charge in [0.15, 0.2) is 0 Å². The zero-order chi connectivity index (χ0) is 10.7. The predicted octanol–water partition coefficient (Wildman–Crippen LogP) is 1.71. The van der Waals surface area contributed by atoms with Crippen molar-refractivity contribution in [1.29, 1.82) is 0 Å². The second-order valence-electron chi connectivity index (χ2n) is 4.91.